The lowest BCUT2D eigenvalue weighted by Gasteiger charge is -2.44. The zero-order valence-electron chi connectivity index (χ0n) is 28.8. The van der Waals surface area contributed by atoms with E-state index in [2.05, 4.69) is 42.0 Å². The Labute approximate surface area is 288 Å². The first-order chi connectivity index (χ1) is 23.6. The second kappa shape index (κ2) is 13.1. The number of hydrogen-bond acceptors (Lipinski definition) is 6. The largest absolute Gasteiger partial charge is 0.495 e. The van der Waals surface area contributed by atoms with Crippen LogP contribution in [-0.4, -0.2) is 67.7 Å². The second-order valence-corrected chi connectivity index (χ2v) is 14.6. The Balaban J connectivity index is 1.15. The molecule has 4 heterocycles. The molecule has 49 heavy (non-hydrogen) atoms. The highest BCUT2D eigenvalue weighted by Gasteiger charge is 2.36. The summed E-state index contributed by atoms with van der Waals surface area (Å²) in [5, 5.41) is 3.19. The zero-order chi connectivity index (χ0) is 34.3. The molecule has 0 spiro atoms. The number of anilines is 3. The van der Waals surface area contributed by atoms with Crippen LogP contribution in [-0.2, 0) is 12.0 Å². The Hall–Kier alpha value is -5.05. The third-order valence-electron chi connectivity index (χ3n) is 10.3. The van der Waals surface area contributed by atoms with E-state index >= 15 is 0 Å². The monoisotopic (exact) mass is 659 g/mol. The number of amides is 2. The summed E-state index contributed by atoms with van der Waals surface area (Å²) >= 11 is 0. The molecule has 9 heteroatoms. The van der Waals surface area contributed by atoms with Crippen molar-refractivity contribution in [2.75, 3.05) is 61.5 Å². The molecule has 1 aromatic heterocycles. The lowest BCUT2D eigenvalue weighted by molar-refractivity contribution is 0.0746. The van der Waals surface area contributed by atoms with E-state index in [4.69, 9.17) is 4.74 Å². The van der Waals surface area contributed by atoms with E-state index in [9.17, 15) is 14.4 Å². The molecule has 4 aromatic rings. The van der Waals surface area contributed by atoms with E-state index in [0.29, 0.717) is 55.5 Å². The molecule has 3 aliphatic rings. The van der Waals surface area contributed by atoms with E-state index in [1.54, 1.807) is 13.2 Å². The number of methoxy groups -OCH3 is 1. The van der Waals surface area contributed by atoms with Gasteiger partial charge in [0.1, 0.15) is 5.75 Å². The van der Waals surface area contributed by atoms with Crippen molar-refractivity contribution in [3.05, 3.63) is 118 Å². The van der Waals surface area contributed by atoms with Crippen LogP contribution in [0.2, 0.25) is 0 Å². The lowest BCUT2D eigenvalue weighted by atomic mass is 9.83. The molecule has 2 unspecified atom stereocenters. The standard InChI is InChI=1S/C40H45N5O4/c1-40(2,3)31-15-12-28(13-16-31)38(47)41-32-23-29(39(48)43-20-18-42(19-21-43)35-8-5-6-10-36(35)49-4)14-17-34(32)44-24-27-22-30(26-44)33-9-7-11-37(46)45(33)25-27/h5-17,23,27,30H,18-22,24-26H2,1-4H3,(H,41,47). The second-order valence-electron chi connectivity index (χ2n) is 14.6. The molecule has 9 nitrogen and oxygen atoms in total. The highest BCUT2D eigenvalue weighted by Crippen LogP contribution is 2.40. The topological polar surface area (TPSA) is 87.1 Å². The number of carbonyl (C=O) groups is 2. The number of para-hydroxylation sites is 2. The third-order valence-corrected chi connectivity index (χ3v) is 10.3. The van der Waals surface area contributed by atoms with Crippen LogP contribution < -0.4 is 25.4 Å². The number of nitrogens with one attached hydrogen (secondary N) is 1. The van der Waals surface area contributed by atoms with Gasteiger partial charge in [0.15, 0.2) is 0 Å². The first kappa shape index (κ1) is 32.5. The Morgan fingerprint density at radius 1 is 0.776 bits per heavy atom. The molecule has 254 valence electrons. The quantitative estimate of drug-likeness (QED) is 0.274. The normalized spacial score (nSPS) is 18.9. The van der Waals surface area contributed by atoms with Crippen molar-refractivity contribution < 1.29 is 14.3 Å². The molecule has 0 aliphatic carbocycles. The molecule has 2 amide bonds. The molecule has 3 aromatic carbocycles. The highest BCUT2D eigenvalue weighted by atomic mass is 16.5. The van der Waals surface area contributed by atoms with Gasteiger partial charge in [-0.15, -0.1) is 0 Å². The smallest absolute Gasteiger partial charge is 0.255 e. The molecule has 1 N–H and O–H groups in total. The number of piperidine rings is 1. The summed E-state index contributed by atoms with van der Waals surface area (Å²) in [6.07, 6.45) is 1.03. The summed E-state index contributed by atoms with van der Waals surface area (Å²) in [4.78, 5) is 46.8. The predicted molar refractivity (Wildman–Crippen MR) is 194 cm³/mol. The van der Waals surface area contributed by atoms with Gasteiger partial charge in [0.2, 0.25) is 0 Å². The van der Waals surface area contributed by atoms with Crippen LogP contribution in [0.3, 0.4) is 0 Å². The molecular formula is C40H45N5O4. The molecule has 0 saturated carbocycles. The molecule has 2 bridgehead atoms. The van der Waals surface area contributed by atoms with Crippen molar-refractivity contribution in [3.8, 4) is 5.75 Å². The minimum absolute atomic E-state index is 0.0222. The lowest BCUT2D eigenvalue weighted by Crippen LogP contribution is -2.49. The summed E-state index contributed by atoms with van der Waals surface area (Å²) in [6.45, 7) is 11.2. The fourth-order valence-corrected chi connectivity index (χ4v) is 7.68. The minimum atomic E-state index is -0.217. The molecule has 2 atom stereocenters. The van der Waals surface area contributed by atoms with Gasteiger partial charge in [0.25, 0.3) is 17.4 Å². The van der Waals surface area contributed by atoms with Gasteiger partial charge >= 0.3 is 0 Å². The average molecular weight is 660 g/mol. The number of aromatic nitrogens is 1. The van der Waals surface area contributed by atoms with Gasteiger partial charge in [0.05, 0.1) is 24.2 Å². The first-order valence-electron chi connectivity index (χ1n) is 17.3. The minimum Gasteiger partial charge on any atom is -0.495 e. The van der Waals surface area contributed by atoms with Gasteiger partial charge in [-0.3, -0.25) is 14.4 Å². The van der Waals surface area contributed by atoms with E-state index in [1.165, 1.54) is 0 Å². The SMILES string of the molecule is COc1ccccc1N1CCN(C(=O)c2ccc(N3CC4CC(C3)c3cccc(=O)n3C4)c(NC(=O)c3ccc(C(C)(C)C)cc3)c2)CC1. The van der Waals surface area contributed by atoms with E-state index in [1.807, 2.05) is 82.3 Å². The number of piperazine rings is 1. The van der Waals surface area contributed by atoms with E-state index in [0.717, 1.165) is 47.9 Å². The van der Waals surface area contributed by atoms with E-state index in [-0.39, 0.29) is 28.7 Å². The summed E-state index contributed by atoms with van der Waals surface area (Å²) in [5.41, 5.74) is 5.89. The van der Waals surface area contributed by atoms with Gasteiger partial charge in [-0.05, 0) is 71.8 Å². The number of rotatable bonds is 6. The van der Waals surface area contributed by atoms with Gasteiger partial charge in [-0.2, -0.15) is 0 Å². The summed E-state index contributed by atoms with van der Waals surface area (Å²) < 4.78 is 7.50. The maximum absolute atomic E-state index is 13.9. The summed E-state index contributed by atoms with van der Waals surface area (Å²) in [5.74, 6) is 1.06. The highest BCUT2D eigenvalue weighted by molar-refractivity contribution is 6.07. The van der Waals surface area contributed by atoms with Crippen molar-refractivity contribution >= 4 is 28.9 Å². The van der Waals surface area contributed by atoms with Crippen LogP contribution in [0, 0.1) is 5.92 Å². The Bertz CT molecular complexity index is 1920. The zero-order valence-corrected chi connectivity index (χ0v) is 28.8. The van der Waals surface area contributed by atoms with Crippen molar-refractivity contribution in [2.45, 2.75) is 45.1 Å². The average Bonchev–Trinajstić information content (AvgIpc) is 3.11. The van der Waals surface area contributed by atoms with Gasteiger partial charge in [-0.1, -0.05) is 51.1 Å². The van der Waals surface area contributed by atoms with Crippen molar-refractivity contribution in [1.82, 2.24) is 9.47 Å². The van der Waals surface area contributed by atoms with Gasteiger partial charge in [-0.25, -0.2) is 0 Å². The molecular weight excluding hydrogens is 614 g/mol. The number of nitrogens with zero attached hydrogens (tertiary/aromatic N) is 4. The summed E-state index contributed by atoms with van der Waals surface area (Å²) in [7, 11) is 1.68. The van der Waals surface area contributed by atoms with E-state index < -0.39 is 0 Å². The van der Waals surface area contributed by atoms with Crippen LogP contribution in [0.1, 0.15) is 65.1 Å². The molecule has 7 rings (SSSR count). The van der Waals surface area contributed by atoms with Gasteiger partial charge in [0, 0.05) is 74.6 Å². The van der Waals surface area contributed by atoms with Crippen LogP contribution in [0.15, 0.2) is 89.7 Å². The fourth-order valence-electron chi connectivity index (χ4n) is 7.68. The Kier molecular flexibility index (Phi) is 8.69. The molecule has 2 fully saturated rings. The number of fused-ring (bicyclic) bond motifs is 4. The summed E-state index contributed by atoms with van der Waals surface area (Å²) in [6, 6.07) is 27.0. The first-order valence-corrected chi connectivity index (χ1v) is 17.3. The maximum Gasteiger partial charge on any atom is 0.255 e. The van der Waals surface area contributed by atoms with Crippen molar-refractivity contribution in [3.63, 3.8) is 0 Å². The number of ether oxygens (including phenoxy) is 1. The Morgan fingerprint density at radius 3 is 2.24 bits per heavy atom. The number of pyridine rings is 1. The third kappa shape index (κ3) is 6.54. The molecule has 0 radical (unpaired) electrons. The van der Waals surface area contributed by atoms with Crippen LogP contribution in [0.5, 0.6) is 5.75 Å². The van der Waals surface area contributed by atoms with Crippen LogP contribution >= 0.6 is 0 Å². The predicted octanol–water partition coefficient (Wildman–Crippen LogP) is 5.99. The van der Waals surface area contributed by atoms with Crippen molar-refractivity contribution in [1.29, 1.82) is 0 Å². The van der Waals surface area contributed by atoms with Crippen LogP contribution in [0.4, 0.5) is 17.1 Å². The molecule has 2 saturated heterocycles. The number of hydrogen-bond donors (Lipinski definition) is 1. The maximum atomic E-state index is 13.9. The number of benzene rings is 3. The number of carbonyl (C=O) groups excluding carboxylic acids is 2. The van der Waals surface area contributed by atoms with Crippen molar-refractivity contribution in [2.24, 2.45) is 5.92 Å². The fraction of sp³-hybridized carbons (Fsp3) is 0.375. The molecule has 3 aliphatic heterocycles. The Morgan fingerprint density at radius 2 is 1.51 bits per heavy atom. The van der Waals surface area contributed by atoms with Crippen LogP contribution in [0.25, 0.3) is 0 Å². The van der Waals surface area contributed by atoms with Gasteiger partial charge < -0.3 is 29.3 Å².